The molecule has 2 aromatic rings. The third-order valence-electron chi connectivity index (χ3n) is 7.07. The van der Waals surface area contributed by atoms with Gasteiger partial charge in [-0.2, -0.15) is 0 Å². The van der Waals surface area contributed by atoms with E-state index in [0.29, 0.717) is 37.6 Å². The molecular formula is C28H36N2O7. The fraction of sp³-hybridized carbons (Fsp3) is 0.500. The van der Waals surface area contributed by atoms with Gasteiger partial charge in [0.1, 0.15) is 0 Å². The smallest absolute Gasteiger partial charge is 0.308 e. The van der Waals surface area contributed by atoms with E-state index in [1.807, 2.05) is 61.2 Å². The molecule has 2 aliphatic rings. The summed E-state index contributed by atoms with van der Waals surface area (Å²) in [4.78, 5) is 33.7. The largest absolute Gasteiger partial charge is 0.481 e. The predicted octanol–water partition coefficient (Wildman–Crippen LogP) is 3.20. The van der Waals surface area contributed by atoms with Crippen LogP contribution in [-0.4, -0.2) is 71.1 Å². The number of benzene rings is 2. The van der Waals surface area contributed by atoms with Gasteiger partial charge in [-0.25, -0.2) is 5.06 Å². The monoisotopic (exact) mass is 512 g/mol. The Morgan fingerprint density at radius 1 is 1.08 bits per heavy atom. The molecule has 200 valence electrons. The number of ether oxygens (including phenoxy) is 2. The molecular weight excluding hydrogens is 476 g/mol. The molecule has 0 unspecified atom stereocenters. The van der Waals surface area contributed by atoms with Gasteiger partial charge >= 0.3 is 5.97 Å². The second-order valence-electron chi connectivity index (χ2n) is 9.54. The summed E-state index contributed by atoms with van der Waals surface area (Å²) < 4.78 is 11.0. The quantitative estimate of drug-likeness (QED) is 0.418. The second kappa shape index (κ2) is 12.4. The lowest BCUT2D eigenvalue weighted by Gasteiger charge is -2.29. The van der Waals surface area contributed by atoms with Crippen molar-refractivity contribution < 1.29 is 34.1 Å². The molecule has 1 fully saturated rings. The number of hydrogen-bond acceptors (Lipinski definition) is 7. The molecule has 0 spiro atoms. The van der Waals surface area contributed by atoms with E-state index in [9.17, 15) is 19.8 Å². The van der Waals surface area contributed by atoms with E-state index in [0.717, 1.165) is 29.5 Å². The lowest BCUT2D eigenvalue weighted by atomic mass is 9.82. The summed E-state index contributed by atoms with van der Waals surface area (Å²) in [5, 5.41) is 21.7. The zero-order chi connectivity index (χ0) is 26.4. The van der Waals surface area contributed by atoms with Crippen molar-refractivity contribution >= 4 is 11.9 Å². The molecule has 0 aliphatic carbocycles. The van der Waals surface area contributed by atoms with Crippen molar-refractivity contribution in [2.75, 3.05) is 33.0 Å². The number of aliphatic carboxylic acids is 1. The van der Waals surface area contributed by atoms with E-state index in [1.165, 1.54) is 5.06 Å². The van der Waals surface area contributed by atoms with Crippen LogP contribution < -0.4 is 9.47 Å². The Hall–Kier alpha value is -3.14. The Morgan fingerprint density at radius 2 is 1.84 bits per heavy atom. The number of likely N-dealkylation sites (tertiary alicyclic amines) is 1. The van der Waals surface area contributed by atoms with Crippen LogP contribution in [0.25, 0.3) is 0 Å². The summed E-state index contributed by atoms with van der Waals surface area (Å²) in [7, 11) is 0. The van der Waals surface area contributed by atoms with Crippen LogP contribution in [0.1, 0.15) is 49.3 Å². The third-order valence-corrected chi connectivity index (χ3v) is 7.07. The summed E-state index contributed by atoms with van der Waals surface area (Å²) in [6.07, 6.45) is 1.93. The Morgan fingerprint density at radius 3 is 2.54 bits per heavy atom. The molecule has 2 aromatic carbocycles. The molecule has 0 saturated carbocycles. The van der Waals surface area contributed by atoms with Gasteiger partial charge in [-0.15, -0.1) is 0 Å². The first-order valence-electron chi connectivity index (χ1n) is 12.9. The number of aliphatic hydroxyl groups is 1. The second-order valence-corrected chi connectivity index (χ2v) is 9.54. The minimum absolute atomic E-state index is 0.0422. The summed E-state index contributed by atoms with van der Waals surface area (Å²) in [5.74, 6) is -1.00. The Balaban J connectivity index is 1.66. The fourth-order valence-electron chi connectivity index (χ4n) is 5.28. The van der Waals surface area contributed by atoms with Gasteiger partial charge in [0.05, 0.1) is 25.7 Å². The number of carbonyl (C=O) groups excluding carboxylic acids is 1. The normalized spacial score (nSPS) is 20.8. The Kier molecular flexibility index (Phi) is 9.02. The maximum absolute atomic E-state index is 13.3. The van der Waals surface area contributed by atoms with E-state index in [4.69, 9.17) is 14.3 Å². The van der Waals surface area contributed by atoms with Crippen LogP contribution in [-0.2, 0) is 27.5 Å². The highest BCUT2D eigenvalue weighted by molar-refractivity contribution is 5.78. The molecule has 1 saturated heterocycles. The summed E-state index contributed by atoms with van der Waals surface area (Å²) in [6, 6.07) is 12.6. The third kappa shape index (κ3) is 6.06. The average molecular weight is 513 g/mol. The van der Waals surface area contributed by atoms with Gasteiger partial charge in [-0.1, -0.05) is 44.2 Å². The molecule has 0 bridgehead atoms. The molecule has 1 amide bonds. The summed E-state index contributed by atoms with van der Waals surface area (Å²) in [6.45, 7) is 5.31. The molecule has 3 atom stereocenters. The number of carboxylic acid groups (broad SMARTS) is 1. The van der Waals surface area contributed by atoms with Crippen LogP contribution in [0, 0.1) is 5.92 Å². The van der Waals surface area contributed by atoms with Gasteiger partial charge in [0.15, 0.2) is 11.5 Å². The molecule has 0 aromatic heterocycles. The van der Waals surface area contributed by atoms with Crippen molar-refractivity contribution in [3.05, 3.63) is 59.2 Å². The van der Waals surface area contributed by atoms with Crippen LogP contribution in [0.4, 0.5) is 0 Å². The number of fused-ring (bicyclic) bond motifs is 1. The highest BCUT2D eigenvalue weighted by Crippen LogP contribution is 2.42. The minimum atomic E-state index is -0.920. The average Bonchev–Trinajstić information content (AvgIpc) is 3.51. The van der Waals surface area contributed by atoms with E-state index in [1.54, 1.807) is 0 Å². The lowest BCUT2D eigenvalue weighted by Crippen LogP contribution is -2.45. The van der Waals surface area contributed by atoms with Crippen LogP contribution in [0.3, 0.4) is 0 Å². The van der Waals surface area contributed by atoms with Crippen LogP contribution >= 0.6 is 0 Å². The number of carboxylic acids is 1. The van der Waals surface area contributed by atoms with Gasteiger partial charge in [0, 0.05) is 25.0 Å². The highest BCUT2D eigenvalue weighted by atomic mass is 16.7. The first kappa shape index (κ1) is 26.9. The molecule has 2 heterocycles. The molecule has 9 nitrogen and oxygen atoms in total. The molecule has 4 rings (SSSR count). The first-order chi connectivity index (χ1) is 18.0. The number of rotatable bonds is 12. The van der Waals surface area contributed by atoms with Crippen LogP contribution in [0.15, 0.2) is 42.5 Å². The standard InChI is InChI=1S/C28H36N2O7/c1-3-11-30(37-12-4-2)26(32)16-29-15-22(20-9-10-24-25(14-20)36-18-35-24)27(28(33)34)23(29)13-19-7-5-6-8-21(19)17-31/h5-10,14,22-23,27,31H,3-4,11-13,15-18H2,1-2H3,(H,33,34)/t22-,23+,27-/m1/s1. The minimum Gasteiger partial charge on any atom is -0.481 e. The van der Waals surface area contributed by atoms with Gasteiger partial charge in [-0.05, 0) is 48.1 Å². The van der Waals surface area contributed by atoms with Crippen molar-refractivity contribution in [3.63, 3.8) is 0 Å². The summed E-state index contributed by atoms with van der Waals surface area (Å²) >= 11 is 0. The number of nitrogens with zero attached hydrogens (tertiary/aromatic N) is 2. The van der Waals surface area contributed by atoms with Gasteiger partial charge < -0.3 is 19.7 Å². The molecule has 2 N–H and O–H groups in total. The topological polar surface area (TPSA) is 109 Å². The van der Waals surface area contributed by atoms with E-state index < -0.39 is 17.9 Å². The first-order valence-corrected chi connectivity index (χ1v) is 12.9. The van der Waals surface area contributed by atoms with E-state index in [2.05, 4.69) is 0 Å². The molecule has 37 heavy (non-hydrogen) atoms. The number of carbonyl (C=O) groups is 2. The van der Waals surface area contributed by atoms with Crippen LogP contribution in [0.2, 0.25) is 0 Å². The molecule has 0 radical (unpaired) electrons. The lowest BCUT2D eigenvalue weighted by molar-refractivity contribution is -0.188. The van der Waals surface area contributed by atoms with E-state index in [-0.39, 0.29) is 31.8 Å². The van der Waals surface area contributed by atoms with Crippen molar-refractivity contribution in [2.45, 2.75) is 51.7 Å². The summed E-state index contributed by atoms with van der Waals surface area (Å²) in [5.41, 5.74) is 2.46. The van der Waals surface area contributed by atoms with Crippen molar-refractivity contribution in [3.8, 4) is 11.5 Å². The Labute approximate surface area is 217 Å². The van der Waals surface area contributed by atoms with Gasteiger partial charge in [0.25, 0.3) is 5.91 Å². The molecule has 2 aliphatic heterocycles. The number of hydrogen-bond donors (Lipinski definition) is 2. The SMILES string of the molecule is CCCON(CCC)C(=O)CN1C[C@H](c2ccc3c(c2)OCO3)[C@@H](C(=O)O)[C@@H]1Cc1ccccc1CO. The van der Waals surface area contributed by atoms with Crippen LogP contribution in [0.5, 0.6) is 11.5 Å². The van der Waals surface area contributed by atoms with Crippen molar-refractivity contribution in [2.24, 2.45) is 5.92 Å². The van der Waals surface area contributed by atoms with Crippen molar-refractivity contribution in [1.82, 2.24) is 9.96 Å². The number of amides is 1. The van der Waals surface area contributed by atoms with Gasteiger partial charge in [0.2, 0.25) is 6.79 Å². The van der Waals surface area contributed by atoms with Crippen molar-refractivity contribution in [1.29, 1.82) is 0 Å². The number of aliphatic hydroxyl groups excluding tert-OH is 1. The number of hydroxylamine groups is 2. The molecule has 9 heteroatoms. The fourth-order valence-corrected chi connectivity index (χ4v) is 5.28. The maximum atomic E-state index is 13.3. The zero-order valence-electron chi connectivity index (χ0n) is 21.5. The zero-order valence-corrected chi connectivity index (χ0v) is 21.5. The Bertz CT molecular complexity index is 1090. The predicted molar refractivity (Wildman–Crippen MR) is 136 cm³/mol. The highest BCUT2D eigenvalue weighted by Gasteiger charge is 2.47. The van der Waals surface area contributed by atoms with E-state index >= 15 is 0 Å². The van der Waals surface area contributed by atoms with Gasteiger partial charge in [-0.3, -0.25) is 19.3 Å². The maximum Gasteiger partial charge on any atom is 0.308 e.